The van der Waals surface area contributed by atoms with Crippen molar-refractivity contribution < 1.29 is 8.78 Å². The van der Waals surface area contributed by atoms with Crippen LogP contribution in [0.4, 0.5) is 8.78 Å². The maximum Gasteiger partial charge on any atom is 0.123 e. The number of hydrogen-bond donors (Lipinski definition) is 1. The van der Waals surface area contributed by atoms with E-state index in [4.69, 9.17) is 0 Å². The monoisotopic (exact) mass is 316 g/mol. The number of nitrogens with one attached hydrogen (secondary N) is 1. The van der Waals surface area contributed by atoms with Crippen molar-refractivity contribution in [3.63, 3.8) is 0 Å². The third kappa shape index (κ3) is 3.59. The van der Waals surface area contributed by atoms with Crippen molar-refractivity contribution in [3.05, 3.63) is 71.3 Å². The highest BCUT2D eigenvalue weighted by atomic mass is 19.1. The van der Waals surface area contributed by atoms with Gasteiger partial charge in [-0.05, 0) is 41.8 Å². The second-order valence-electron chi connectivity index (χ2n) is 6.01. The van der Waals surface area contributed by atoms with Gasteiger partial charge in [-0.15, -0.1) is 0 Å². The van der Waals surface area contributed by atoms with Crippen molar-refractivity contribution in [2.24, 2.45) is 0 Å². The third-order valence-electron chi connectivity index (χ3n) is 4.57. The van der Waals surface area contributed by atoms with Gasteiger partial charge in [0, 0.05) is 25.7 Å². The van der Waals surface area contributed by atoms with Crippen LogP contribution in [0.1, 0.15) is 30.5 Å². The molecule has 1 fully saturated rings. The number of rotatable bonds is 4. The number of piperazine rings is 1. The summed E-state index contributed by atoms with van der Waals surface area (Å²) >= 11 is 0. The van der Waals surface area contributed by atoms with Crippen LogP contribution in [0, 0.1) is 11.6 Å². The van der Waals surface area contributed by atoms with E-state index in [0.29, 0.717) is 6.04 Å². The van der Waals surface area contributed by atoms with Crippen molar-refractivity contribution in [3.8, 4) is 0 Å². The first-order valence-corrected chi connectivity index (χ1v) is 8.16. The smallest absolute Gasteiger partial charge is 0.123 e. The molecule has 2 nitrogen and oxygen atoms in total. The van der Waals surface area contributed by atoms with E-state index in [1.54, 1.807) is 0 Å². The van der Waals surface area contributed by atoms with Gasteiger partial charge < -0.3 is 5.32 Å². The van der Waals surface area contributed by atoms with Gasteiger partial charge in [0.25, 0.3) is 0 Å². The van der Waals surface area contributed by atoms with Crippen molar-refractivity contribution in [1.82, 2.24) is 10.2 Å². The van der Waals surface area contributed by atoms with Crippen molar-refractivity contribution >= 4 is 0 Å². The summed E-state index contributed by atoms with van der Waals surface area (Å²) in [7, 11) is 0. The Hall–Kier alpha value is -1.78. The molecule has 0 aromatic heterocycles. The van der Waals surface area contributed by atoms with E-state index in [0.717, 1.165) is 37.2 Å². The summed E-state index contributed by atoms with van der Waals surface area (Å²) in [4.78, 5) is 2.44. The quantitative estimate of drug-likeness (QED) is 0.924. The molecule has 2 aromatic rings. The molecular weight excluding hydrogens is 294 g/mol. The molecule has 0 spiro atoms. The Morgan fingerprint density at radius 2 is 1.52 bits per heavy atom. The fourth-order valence-corrected chi connectivity index (χ4v) is 3.36. The molecular formula is C19H22F2N2. The minimum absolute atomic E-state index is 0.0169. The Bertz CT molecular complexity index is 579. The van der Waals surface area contributed by atoms with E-state index in [2.05, 4.69) is 17.1 Å². The molecule has 4 heteroatoms. The molecule has 1 saturated heterocycles. The molecule has 1 aliphatic heterocycles. The lowest BCUT2D eigenvalue weighted by Gasteiger charge is -2.41. The maximum absolute atomic E-state index is 13.3. The predicted molar refractivity (Wildman–Crippen MR) is 88.3 cm³/mol. The summed E-state index contributed by atoms with van der Waals surface area (Å²) in [6.07, 6.45) is 1.03. The highest BCUT2D eigenvalue weighted by Gasteiger charge is 2.29. The average molecular weight is 316 g/mol. The van der Waals surface area contributed by atoms with Crippen LogP contribution in [-0.2, 0) is 0 Å². The molecule has 0 aliphatic carbocycles. The van der Waals surface area contributed by atoms with Gasteiger partial charge in [-0.25, -0.2) is 8.78 Å². The van der Waals surface area contributed by atoms with Gasteiger partial charge in [0.15, 0.2) is 0 Å². The Kier molecular flexibility index (Phi) is 5.03. The molecule has 1 aliphatic rings. The molecule has 0 saturated carbocycles. The summed E-state index contributed by atoms with van der Waals surface area (Å²) in [5.74, 6) is -0.474. The standard InChI is InChI=1S/C19H22F2N2/c1-2-18-13-22-11-12-23(18)19(14-3-7-16(20)8-4-14)15-5-9-17(21)10-6-15/h3-10,18-19,22H,2,11-13H2,1H3/t18-/m1/s1. The maximum atomic E-state index is 13.3. The summed E-state index contributed by atoms with van der Waals surface area (Å²) < 4.78 is 26.6. The zero-order chi connectivity index (χ0) is 16.2. The zero-order valence-electron chi connectivity index (χ0n) is 13.3. The normalized spacial score (nSPS) is 19.2. The molecule has 23 heavy (non-hydrogen) atoms. The highest BCUT2D eigenvalue weighted by molar-refractivity contribution is 5.32. The van der Waals surface area contributed by atoms with Crippen LogP contribution in [0.5, 0.6) is 0 Å². The minimum atomic E-state index is -0.237. The Balaban J connectivity index is 2.01. The van der Waals surface area contributed by atoms with Crippen LogP contribution in [0.25, 0.3) is 0 Å². The number of benzene rings is 2. The van der Waals surface area contributed by atoms with Gasteiger partial charge in [-0.1, -0.05) is 31.2 Å². The topological polar surface area (TPSA) is 15.3 Å². The fourth-order valence-electron chi connectivity index (χ4n) is 3.36. The molecule has 0 radical (unpaired) electrons. The number of nitrogens with zero attached hydrogens (tertiary/aromatic N) is 1. The number of halogens is 2. The van der Waals surface area contributed by atoms with Gasteiger partial charge in [0.2, 0.25) is 0 Å². The lowest BCUT2D eigenvalue weighted by Crippen LogP contribution is -2.52. The molecule has 1 atom stereocenters. The molecule has 1 heterocycles. The van der Waals surface area contributed by atoms with E-state index in [1.165, 1.54) is 24.3 Å². The van der Waals surface area contributed by atoms with Crippen molar-refractivity contribution in [2.75, 3.05) is 19.6 Å². The van der Waals surface area contributed by atoms with E-state index < -0.39 is 0 Å². The molecule has 122 valence electrons. The van der Waals surface area contributed by atoms with Crippen LogP contribution in [0.2, 0.25) is 0 Å². The summed E-state index contributed by atoms with van der Waals surface area (Å²) in [6, 6.07) is 13.7. The van der Waals surface area contributed by atoms with Crippen LogP contribution >= 0.6 is 0 Å². The van der Waals surface area contributed by atoms with Gasteiger partial charge in [-0.2, -0.15) is 0 Å². The first-order chi connectivity index (χ1) is 11.2. The van der Waals surface area contributed by atoms with Gasteiger partial charge in [0.1, 0.15) is 11.6 Å². The second-order valence-corrected chi connectivity index (χ2v) is 6.01. The molecule has 3 rings (SSSR count). The lowest BCUT2D eigenvalue weighted by molar-refractivity contribution is 0.122. The minimum Gasteiger partial charge on any atom is -0.314 e. The fraction of sp³-hybridized carbons (Fsp3) is 0.368. The highest BCUT2D eigenvalue weighted by Crippen LogP contribution is 2.32. The first-order valence-electron chi connectivity index (χ1n) is 8.16. The summed E-state index contributed by atoms with van der Waals surface area (Å²) in [5.41, 5.74) is 2.08. The van der Waals surface area contributed by atoms with Gasteiger partial charge in [0.05, 0.1) is 6.04 Å². The summed E-state index contributed by atoms with van der Waals surface area (Å²) in [5, 5.41) is 3.43. The Labute approximate surface area is 136 Å². The largest absolute Gasteiger partial charge is 0.314 e. The molecule has 1 N–H and O–H groups in total. The summed E-state index contributed by atoms with van der Waals surface area (Å²) in [6.45, 7) is 4.96. The molecule has 0 unspecified atom stereocenters. The van der Waals surface area contributed by atoms with Crippen molar-refractivity contribution in [1.29, 1.82) is 0 Å². The van der Waals surface area contributed by atoms with Crippen molar-refractivity contribution in [2.45, 2.75) is 25.4 Å². The van der Waals surface area contributed by atoms with Crippen LogP contribution < -0.4 is 5.32 Å². The van der Waals surface area contributed by atoms with Crippen LogP contribution in [-0.4, -0.2) is 30.6 Å². The van der Waals surface area contributed by atoms with E-state index in [-0.39, 0.29) is 17.7 Å². The average Bonchev–Trinajstić information content (AvgIpc) is 2.59. The van der Waals surface area contributed by atoms with E-state index in [9.17, 15) is 8.78 Å². The van der Waals surface area contributed by atoms with Gasteiger partial charge in [-0.3, -0.25) is 4.90 Å². The first kappa shape index (κ1) is 16.1. The lowest BCUT2D eigenvalue weighted by atomic mass is 9.94. The molecule has 0 bridgehead atoms. The molecule has 0 amide bonds. The van der Waals surface area contributed by atoms with Gasteiger partial charge >= 0.3 is 0 Å². The Morgan fingerprint density at radius 1 is 1.00 bits per heavy atom. The Morgan fingerprint density at radius 3 is 2.00 bits per heavy atom. The van der Waals surface area contributed by atoms with Crippen LogP contribution in [0.15, 0.2) is 48.5 Å². The molecule has 2 aromatic carbocycles. The van der Waals surface area contributed by atoms with E-state index >= 15 is 0 Å². The third-order valence-corrected chi connectivity index (χ3v) is 4.57. The van der Waals surface area contributed by atoms with Crippen LogP contribution in [0.3, 0.4) is 0 Å². The SMILES string of the molecule is CC[C@@H]1CNCCN1C(c1ccc(F)cc1)c1ccc(F)cc1. The predicted octanol–water partition coefficient (Wildman–Crippen LogP) is 3.74. The zero-order valence-corrected chi connectivity index (χ0v) is 13.3. The van der Waals surface area contributed by atoms with E-state index in [1.807, 2.05) is 24.3 Å². The second kappa shape index (κ2) is 7.20. The number of hydrogen-bond acceptors (Lipinski definition) is 2.